The molecule has 1 aromatic heterocycles. The number of hydrogen-bond donors (Lipinski definition) is 0. The number of halogens is 1. The first-order valence-corrected chi connectivity index (χ1v) is 9.55. The van der Waals surface area contributed by atoms with Gasteiger partial charge in [-0.25, -0.2) is 4.79 Å². The number of esters is 1. The molecular formula is C18H17BrN2O3S. The summed E-state index contributed by atoms with van der Waals surface area (Å²) in [6, 6.07) is 9.43. The van der Waals surface area contributed by atoms with Crippen LogP contribution in [0.5, 0.6) is 0 Å². The van der Waals surface area contributed by atoms with Crippen LogP contribution < -0.4 is 4.90 Å². The molecule has 0 radical (unpaired) electrons. The molecule has 3 rings (SSSR count). The minimum absolute atomic E-state index is 0.224. The molecule has 0 bridgehead atoms. The van der Waals surface area contributed by atoms with Gasteiger partial charge in [0, 0.05) is 33.6 Å². The molecule has 0 N–H and O–H groups in total. The Hall–Kier alpha value is -1.86. The van der Waals surface area contributed by atoms with Gasteiger partial charge in [-0.15, -0.1) is 11.8 Å². The van der Waals surface area contributed by atoms with Crippen molar-refractivity contribution in [2.45, 2.75) is 23.5 Å². The molecule has 0 spiro atoms. The van der Waals surface area contributed by atoms with Gasteiger partial charge < -0.3 is 9.64 Å². The highest BCUT2D eigenvalue weighted by atomic mass is 79.9. The third-order valence-electron chi connectivity index (χ3n) is 3.81. The second-order valence-corrected chi connectivity index (χ2v) is 8.09. The molecule has 0 unspecified atom stereocenters. The van der Waals surface area contributed by atoms with E-state index in [1.54, 1.807) is 28.9 Å². The van der Waals surface area contributed by atoms with E-state index < -0.39 is 5.97 Å². The average molecular weight is 421 g/mol. The number of pyridine rings is 1. The van der Waals surface area contributed by atoms with E-state index >= 15 is 0 Å². The van der Waals surface area contributed by atoms with Gasteiger partial charge in [0.05, 0.1) is 11.3 Å². The fourth-order valence-corrected chi connectivity index (χ4v) is 4.04. The van der Waals surface area contributed by atoms with E-state index in [0.29, 0.717) is 21.8 Å². The first kappa shape index (κ1) is 17.9. The molecule has 1 aromatic carbocycles. The maximum absolute atomic E-state index is 12.6. The molecule has 2 aromatic rings. The number of hydrogen-bond acceptors (Lipinski definition) is 5. The molecule has 1 amide bonds. The van der Waals surface area contributed by atoms with Crippen molar-refractivity contribution >= 4 is 45.3 Å². The number of carbonyl (C=O) groups excluding carboxylic acids is 2. The van der Waals surface area contributed by atoms with E-state index in [1.165, 1.54) is 6.20 Å². The SMILES string of the molecule is C[C@@H]1CCN(C(=O)COC(=O)c2cncc(Br)c2)c2ccccc2S1. The van der Waals surface area contributed by atoms with Crippen LogP contribution >= 0.6 is 27.7 Å². The number of anilines is 1. The molecule has 7 heteroatoms. The van der Waals surface area contributed by atoms with Crippen LogP contribution in [0.3, 0.4) is 0 Å². The number of benzene rings is 1. The summed E-state index contributed by atoms with van der Waals surface area (Å²) in [5.41, 5.74) is 1.18. The van der Waals surface area contributed by atoms with Gasteiger partial charge in [-0.1, -0.05) is 19.1 Å². The van der Waals surface area contributed by atoms with Gasteiger partial charge in [-0.2, -0.15) is 0 Å². The van der Waals surface area contributed by atoms with Crippen LogP contribution in [-0.2, 0) is 9.53 Å². The van der Waals surface area contributed by atoms with Gasteiger partial charge in [0.25, 0.3) is 5.91 Å². The third kappa shape index (κ3) is 4.41. The number of thioether (sulfide) groups is 1. The second kappa shape index (κ2) is 8.01. The Labute approximate surface area is 158 Å². The summed E-state index contributed by atoms with van der Waals surface area (Å²) in [6.07, 6.45) is 3.88. The first-order chi connectivity index (χ1) is 12.0. The van der Waals surface area contributed by atoms with Gasteiger partial charge in [0.15, 0.2) is 6.61 Å². The standard InChI is InChI=1S/C18H17BrN2O3S/c1-12-6-7-21(15-4-2-3-5-16(15)25-12)17(22)11-24-18(23)13-8-14(19)10-20-9-13/h2-5,8-10,12H,6-7,11H2,1H3/t12-/m1/s1. The van der Waals surface area contributed by atoms with Gasteiger partial charge >= 0.3 is 5.97 Å². The smallest absolute Gasteiger partial charge is 0.340 e. The summed E-state index contributed by atoms with van der Waals surface area (Å²) in [6.45, 7) is 2.47. The van der Waals surface area contributed by atoms with E-state index in [-0.39, 0.29) is 12.5 Å². The topological polar surface area (TPSA) is 59.5 Å². The van der Waals surface area contributed by atoms with Crippen LogP contribution in [0.15, 0.2) is 52.1 Å². The Morgan fingerprint density at radius 2 is 2.16 bits per heavy atom. The predicted octanol–water partition coefficient (Wildman–Crippen LogP) is 3.92. The van der Waals surface area contributed by atoms with Crippen molar-refractivity contribution in [3.63, 3.8) is 0 Å². The minimum atomic E-state index is -0.562. The van der Waals surface area contributed by atoms with Gasteiger partial charge in [0.2, 0.25) is 0 Å². The Balaban J connectivity index is 1.70. The van der Waals surface area contributed by atoms with Gasteiger partial charge in [-0.05, 0) is 40.5 Å². The third-order valence-corrected chi connectivity index (χ3v) is 5.48. The van der Waals surface area contributed by atoms with E-state index in [1.807, 2.05) is 24.3 Å². The zero-order valence-electron chi connectivity index (χ0n) is 13.6. The number of nitrogens with zero attached hydrogens (tertiary/aromatic N) is 2. The lowest BCUT2D eigenvalue weighted by Gasteiger charge is -2.22. The maximum Gasteiger partial charge on any atom is 0.340 e. The van der Waals surface area contributed by atoms with Crippen molar-refractivity contribution < 1.29 is 14.3 Å². The summed E-state index contributed by atoms with van der Waals surface area (Å²) >= 11 is 5.02. The minimum Gasteiger partial charge on any atom is -0.452 e. The number of amides is 1. The highest BCUT2D eigenvalue weighted by Gasteiger charge is 2.25. The highest BCUT2D eigenvalue weighted by Crippen LogP contribution is 2.37. The molecular weight excluding hydrogens is 404 g/mol. The molecule has 1 aliphatic rings. The van der Waals surface area contributed by atoms with E-state index in [9.17, 15) is 9.59 Å². The van der Waals surface area contributed by atoms with Crippen molar-refractivity contribution in [2.75, 3.05) is 18.1 Å². The van der Waals surface area contributed by atoms with E-state index in [2.05, 4.69) is 27.8 Å². The number of para-hydroxylation sites is 1. The van der Waals surface area contributed by atoms with Crippen molar-refractivity contribution in [2.24, 2.45) is 0 Å². The largest absolute Gasteiger partial charge is 0.452 e. The number of carbonyl (C=O) groups is 2. The number of ether oxygens (including phenoxy) is 1. The molecule has 5 nitrogen and oxygen atoms in total. The fraction of sp³-hybridized carbons (Fsp3) is 0.278. The van der Waals surface area contributed by atoms with Crippen molar-refractivity contribution in [3.05, 3.63) is 52.8 Å². The first-order valence-electron chi connectivity index (χ1n) is 7.88. The van der Waals surface area contributed by atoms with Gasteiger partial charge in [0.1, 0.15) is 0 Å². The lowest BCUT2D eigenvalue weighted by atomic mass is 10.2. The predicted molar refractivity (Wildman–Crippen MR) is 101 cm³/mol. The quantitative estimate of drug-likeness (QED) is 0.704. The lowest BCUT2D eigenvalue weighted by molar-refractivity contribution is -0.121. The van der Waals surface area contributed by atoms with Crippen molar-refractivity contribution in [3.8, 4) is 0 Å². The van der Waals surface area contributed by atoms with Crippen LogP contribution in [0.25, 0.3) is 0 Å². The Kier molecular flexibility index (Phi) is 5.75. The summed E-state index contributed by atoms with van der Waals surface area (Å²) in [5, 5.41) is 0.425. The summed E-state index contributed by atoms with van der Waals surface area (Å²) in [7, 11) is 0. The lowest BCUT2D eigenvalue weighted by Crippen LogP contribution is -2.35. The van der Waals surface area contributed by atoms with E-state index in [0.717, 1.165) is 17.0 Å². The monoisotopic (exact) mass is 420 g/mol. The molecule has 0 aliphatic carbocycles. The average Bonchev–Trinajstić information content (AvgIpc) is 2.77. The van der Waals surface area contributed by atoms with Crippen LogP contribution in [0.4, 0.5) is 5.69 Å². The van der Waals surface area contributed by atoms with Crippen LogP contribution in [0.1, 0.15) is 23.7 Å². The molecule has 0 saturated carbocycles. The van der Waals surface area contributed by atoms with Crippen LogP contribution in [-0.4, -0.2) is 35.3 Å². The number of rotatable bonds is 3. The molecule has 25 heavy (non-hydrogen) atoms. The summed E-state index contributed by atoms with van der Waals surface area (Å²) in [5.74, 6) is -0.786. The Morgan fingerprint density at radius 3 is 2.96 bits per heavy atom. The second-order valence-electron chi connectivity index (χ2n) is 5.70. The van der Waals surface area contributed by atoms with Gasteiger partial charge in [-0.3, -0.25) is 9.78 Å². The molecule has 1 atom stereocenters. The zero-order chi connectivity index (χ0) is 17.8. The molecule has 1 aliphatic heterocycles. The van der Waals surface area contributed by atoms with Crippen LogP contribution in [0, 0.1) is 0 Å². The number of fused-ring (bicyclic) bond motifs is 1. The molecule has 2 heterocycles. The highest BCUT2D eigenvalue weighted by molar-refractivity contribution is 9.10. The van der Waals surface area contributed by atoms with Crippen LogP contribution in [0.2, 0.25) is 0 Å². The Morgan fingerprint density at radius 1 is 1.36 bits per heavy atom. The zero-order valence-corrected chi connectivity index (χ0v) is 16.0. The Bertz CT molecular complexity index is 799. The maximum atomic E-state index is 12.6. The fourth-order valence-electron chi connectivity index (χ4n) is 2.56. The molecule has 130 valence electrons. The van der Waals surface area contributed by atoms with Crippen molar-refractivity contribution in [1.29, 1.82) is 0 Å². The molecule has 0 fully saturated rings. The normalized spacial score (nSPS) is 16.7. The molecule has 0 saturated heterocycles. The summed E-state index contributed by atoms with van der Waals surface area (Å²) in [4.78, 5) is 31.4. The number of aromatic nitrogens is 1. The van der Waals surface area contributed by atoms with Crippen molar-refractivity contribution in [1.82, 2.24) is 4.98 Å². The van der Waals surface area contributed by atoms with E-state index in [4.69, 9.17) is 4.74 Å². The summed E-state index contributed by atoms with van der Waals surface area (Å²) < 4.78 is 5.86.